The Labute approximate surface area is 176 Å². The zero-order valence-corrected chi connectivity index (χ0v) is 18.0. The number of aryl methyl sites for hydroxylation is 1. The van der Waals surface area contributed by atoms with Gasteiger partial charge in [-0.15, -0.1) is 11.3 Å². The first-order valence-electron chi connectivity index (χ1n) is 8.71. The maximum Gasteiger partial charge on any atom is 0.273 e. The summed E-state index contributed by atoms with van der Waals surface area (Å²) < 4.78 is 28.7. The van der Waals surface area contributed by atoms with Crippen LogP contribution in [0.25, 0.3) is 0 Å². The number of hydrogen-bond donors (Lipinski definition) is 1. The van der Waals surface area contributed by atoms with Gasteiger partial charge in [-0.25, -0.2) is 8.42 Å². The summed E-state index contributed by atoms with van der Waals surface area (Å²) in [5, 5.41) is 4.62. The first kappa shape index (κ1) is 19.2. The molecule has 4 rings (SSSR count). The largest absolute Gasteiger partial charge is 0.322 e. The van der Waals surface area contributed by atoms with Crippen LogP contribution in [0.1, 0.15) is 22.3 Å². The number of sulfonamides is 1. The molecule has 144 valence electrons. The normalized spacial score (nSPS) is 13.8. The number of rotatable bonds is 4. The van der Waals surface area contributed by atoms with Gasteiger partial charge in [0.1, 0.15) is 4.21 Å². The molecular weight excluding hydrogens is 460 g/mol. The highest BCUT2D eigenvalue weighted by Gasteiger charge is 2.30. The van der Waals surface area contributed by atoms with Gasteiger partial charge in [0.05, 0.1) is 5.69 Å². The molecule has 1 aliphatic rings. The Balaban J connectivity index is 1.66. The summed E-state index contributed by atoms with van der Waals surface area (Å²) >= 11 is 4.57. The molecule has 0 saturated heterocycles. The Hall–Kier alpha value is -2.16. The summed E-state index contributed by atoms with van der Waals surface area (Å²) in [7, 11) is -3.60. The number of thiophene rings is 1. The second-order valence-corrected chi connectivity index (χ2v) is 10.4. The van der Waals surface area contributed by atoms with Crippen LogP contribution in [-0.2, 0) is 16.4 Å². The van der Waals surface area contributed by atoms with Crippen LogP contribution in [0, 0.1) is 0 Å². The molecule has 1 aliphatic heterocycles. The van der Waals surface area contributed by atoms with Gasteiger partial charge >= 0.3 is 0 Å². The molecule has 0 unspecified atom stereocenters. The molecule has 28 heavy (non-hydrogen) atoms. The predicted octanol–water partition coefficient (Wildman–Crippen LogP) is 4.90. The highest BCUT2D eigenvalue weighted by molar-refractivity contribution is 9.10. The number of anilines is 2. The molecule has 0 spiro atoms. The van der Waals surface area contributed by atoms with E-state index in [-0.39, 0.29) is 5.91 Å². The van der Waals surface area contributed by atoms with E-state index in [0.29, 0.717) is 27.7 Å². The number of hydrogen-bond acceptors (Lipinski definition) is 4. The van der Waals surface area contributed by atoms with Crippen molar-refractivity contribution in [2.45, 2.75) is 17.1 Å². The second kappa shape index (κ2) is 7.69. The van der Waals surface area contributed by atoms with Crippen molar-refractivity contribution in [2.75, 3.05) is 16.2 Å². The van der Waals surface area contributed by atoms with Crippen molar-refractivity contribution < 1.29 is 13.2 Å². The van der Waals surface area contributed by atoms with Gasteiger partial charge in [0.2, 0.25) is 0 Å². The molecule has 0 fully saturated rings. The van der Waals surface area contributed by atoms with E-state index in [1.807, 2.05) is 18.2 Å². The van der Waals surface area contributed by atoms with Crippen LogP contribution in [0.3, 0.4) is 0 Å². The molecule has 0 aliphatic carbocycles. The average Bonchev–Trinajstić information content (AvgIpc) is 3.23. The molecule has 1 aromatic heterocycles. The van der Waals surface area contributed by atoms with Gasteiger partial charge in [-0.2, -0.15) is 0 Å². The third kappa shape index (κ3) is 3.72. The van der Waals surface area contributed by atoms with Crippen LogP contribution in [0.4, 0.5) is 11.4 Å². The van der Waals surface area contributed by atoms with Gasteiger partial charge < -0.3 is 5.32 Å². The zero-order chi connectivity index (χ0) is 19.7. The highest BCUT2D eigenvalue weighted by Crippen LogP contribution is 2.35. The molecular formula is C20H17BrN2O3S2. The van der Waals surface area contributed by atoms with E-state index < -0.39 is 10.0 Å². The van der Waals surface area contributed by atoms with E-state index in [4.69, 9.17) is 0 Å². The van der Waals surface area contributed by atoms with Gasteiger partial charge in [0, 0.05) is 22.3 Å². The molecule has 5 nitrogen and oxygen atoms in total. The minimum absolute atomic E-state index is 0.246. The van der Waals surface area contributed by atoms with Crippen molar-refractivity contribution in [1.82, 2.24) is 0 Å². The summed E-state index contributed by atoms with van der Waals surface area (Å²) in [5.41, 5.74) is 2.69. The SMILES string of the molecule is O=C(Nc1ccc2c(c1)N(S(=O)(=O)c1cccs1)CCC2)c1cccc(Br)c1. The molecule has 3 aromatic rings. The summed E-state index contributed by atoms with van der Waals surface area (Å²) in [5.74, 6) is -0.246. The van der Waals surface area contributed by atoms with Crippen LogP contribution >= 0.6 is 27.3 Å². The molecule has 1 amide bonds. The van der Waals surface area contributed by atoms with Crippen LogP contribution < -0.4 is 9.62 Å². The maximum absolute atomic E-state index is 13.0. The lowest BCUT2D eigenvalue weighted by Crippen LogP contribution is -2.35. The Morgan fingerprint density at radius 1 is 1.11 bits per heavy atom. The van der Waals surface area contributed by atoms with E-state index in [9.17, 15) is 13.2 Å². The zero-order valence-electron chi connectivity index (χ0n) is 14.8. The molecule has 8 heteroatoms. The van der Waals surface area contributed by atoms with Crippen molar-refractivity contribution in [2.24, 2.45) is 0 Å². The second-order valence-electron chi connectivity index (χ2n) is 6.42. The van der Waals surface area contributed by atoms with Crippen LogP contribution in [0.15, 0.2) is 68.7 Å². The van der Waals surface area contributed by atoms with E-state index >= 15 is 0 Å². The number of nitrogens with one attached hydrogen (secondary N) is 1. The van der Waals surface area contributed by atoms with Crippen molar-refractivity contribution in [3.05, 3.63) is 75.6 Å². The number of benzene rings is 2. The lowest BCUT2D eigenvalue weighted by atomic mass is 10.0. The summed E-state index contributed by atoms with van der Waals surface area (Å²) in [6.07, 6.45) is 1.58. The van der Waals surface area contributed by atoms with Crippen molar-refractivity contribution in [3.8, 4) is 0 Å². The first-order chi connectivity index (χ1) is 13.4. The van der Waals surface area contributed by atoms with Gasteiger partial charge in [-0.1, -0.05) is 34.1 Å². The smallest absolute Gasteiger partial charge is 0.273 e. The third-order valence-electron chi connectivity index (χ3n) is 4.55. The summed E-state index contributed by atoms with van der Waals surface area (Å²) in [4.78, 5) is 12.5. The van der Waals surface area contributed by atoms with Gasteiger partial charge in [-0.05, 0) is 60.2 Å². The van der Waals surface area contributed by atoms with Gasteiger partial charge in [0.25, 0.3) is 15.9 Å². The van der Waals surface area contributed by atoms with Crippen LogP contribution in [0.5, 0.6) is 0 Å². The number of amides is 1. The molecule has 0 radical (unpaired) electrons. The highest BCUT2D eigenvalue weighted by atomic mass is 79.9. The number of carbonyl (C=O) groups is 1. The lowest BCUT2D eigenvalue weighted by Gasteiger charge is -2.30. The van der Waals surface area contributed by atoms with E-state index in [0.717, 1.165) is 22.9 Å². The average molecular weight is 477 g/mol. The standard InChI is InChI=1S/C20H17BrN2O3S2/c21-16-6-1-4-15(12-16)20(24)22-17-9-8-14-5-2-10-23(18(14)13-17)28(25,26)19-7-3-11-27-19/h1,3-4,6-9,11-13H,2,5,10H2,(H,22,24). The lowest BCUT2D eigenvalue weighted by molar-refractivity contribution is 0.102. The fraction of sp³-hybridized carbons (Fsp3) is 0.150. The molecule has 0 saturated carbocycles. The quantitative estimate of drug-likeness (QED) is 0.581. The van der Waals surface area contributed by atoms with E-state index in [1.54, 1.807) is 41.8 Å². The summed E-state index contributed by atoms with van der Waals surface area (Å²) in [6, 6.07) is 15.9. The molecule has 0 bridgehead atoms. The predicted molar refractivity (Wildman–Crippen MR) is 116 cm³/mol. The third-order valence-corrected chi connectivity index (χ3v) is 8.22. The van der Waals surface area contributed by atoms with Crippen LogP contribution in [0.2, 0.25) is 0 Å². The number of nitrogens with zero attached hydrogens (tertiary/aromatic N) is 1. The van der Waals surface area contributed by atoms with Gasteiger partial charge in [0.15, 0.2) is 0 Å². The maximum atomic E-state index is 13.0. The van der Waals surface area contributed by atoms with Crippen molar-refractivity contribution in [1.29, 1.82) is 0 Å². The topological polar surface area (TPSA) is 66.5 Å². The molecule has 2 heterocycles. The Morgan fingerprint density at radius 3 is 2.71 bits per heavy atom. The summed E-state index contributed by atoms with van der Waals surface area (Å²) in [6.45, 7) is 0.427. The first-order valence-corrected chi connectivity index (χ1v) is 11.8. The van der Waals surface area contributed by atoms with E-state index in [1.165, 1.54) is 15.6 Å². The molecule has 0 atom stereocenters. The van der Waals surface area contributed by atoms with Gasteiger partial charge in [-0.3, -0.25) is 9.10 Å². The number of fused-ring (bicyclic) bond motifs is 1. The monoisotopic (exact) mass is 476 g/mol. The number of halogens is 1. The van der Waals surface area contributed by atoms with E-state index in [2.05, 4.69) is 21.2 Å². The Bertz CT molecular complexity index is 1130. The fourth-order valence-corrected chi connectivity index (χ4v) is 6.26. The minimum Gasteiger partial charge on any atom is -0.322 e. The Kier molecular flexibility index (Phi) is 5.27. The number of carbonyl (C=O) groups excluding carboxylic acids is 1. The minimum atomic E-state index is -3.60. The van der Waals surface area contributed by atoms with Crippen LogP contribution in [-0.4, -0.2) is 20.9 Å². The van der Waals surface area contributed by atoms with Crippen molar-refractivity contribution >= 4 is 54.6 Å². The van der Waals surface area contributed by atoms with Crippen molar-refractivity contribution in [3.63, 3.8) is 0 Å². The molecule has 1 N–H and O–H groups in total. The molecule has 2 aromatic carbocycles. The Morgan fingerprint density at radius 2 is 1.96 bits per heavy atom. The fourth-order valence-electron chi connectivity index (χ4n) is 3.22.